The predicted molar refractivity (Wildman–Crippen MR) is 68.2 cm³/mol. The van der Waals surface area contributed by atoms with Crippen LogP contribution in [0.5, 0.6) is 5.75 Å². The van der Waals surface area contributed by atoms with E-state index in [0.29, 0.717) is 18.9 Å². The Bertz CT molecular complexity index is 427. The van der Waals surface area contributed by atoms with Gasteiger partial charge in [0.15, 0.2) is 0 Å². The first-order chi connectivity index (χ1) is 8.70. The van der Waals surface area contributed by atoms with Crippen LogP contribution in [0.1, 0.15) is 31.7 Å². The van der Waals surface area contributed by atoms with Gasteiger partial charge in [-0.05, 0) is 43.9 Å². The average molecular weight is 249 g/mol. The zero-order valence-electron chi connectivity index (χ0n) is 10.6. The van der Waals surface area contributed by atoms with Crippen molar-refractivity contribution in [2.24, 2.45) is 5.73 Å². The highest BCUT2D eigenvalue weighted by molar-refractivity contribution is 5.81. The molecule has 1 aliphatic carbocycles. The van der Waals surface area contributed by atoms with Crippen molar-refractivity contribution in [1.82, 2.24) is 0 Å². The Labute approximate surface area is 107 Å². The molecule has 1 fully saturated rings. The van der Waals surface area contributed by atoms with Gasteiger partial charge in [0.25, 0.3) is 0 Å². The fraction of sp³-hybridized carbons (Fsp3) is 0.500. The molecule has 1 aromatic carbocycles. The molecule has 0 aromatic heterocycles. The van der Waals surface area contributed by atoms with E-state index in [0.717, 1.165) is 24.8 Å². The number of benzene rings is 1. The maximum absolute atomic E-state index is 11.9. The maximum Gasteiger partial charge on any atom is 0.350 e. The van der Waals surface area contributed by atoms with E-state index in [1.807, 2.05) is 24.3 Å². The van der Waals surface area contributed by atoms with E-state index < -0.39 is 5.60 Å². The van der Waals surface area contributed by atoms with Crippen LogP contribution in [0.15, 0.2) is 24.3 Å². The van der Waals surface area contributed by atoms with Crippen molar-refractivity contribution in [2.45, 2.75) is 38.3 Å². The fourth-order valence-electron chi connectivity index (χ4n) is 2.07. The molecule has 1 aromatic rings. The first kappa shape index (κ1) is 12.9. The SMILES string of the molecule is CCOC(=O)C1(Oc2cccc(CN)c2)CCC1. The number of ether oxygens (including phenoxy) is 2. The largest absolute Gasteiger partial charge is 0.476 e. The highest BCUT2D eigenvalue weighted by Crippen LogP contribution is 2.38. The van der Waals surface area contributed by atoms with Crippen molar-refractivity contribution in [3.05, 3.63) is 29.8 Å². The van der Waals surface area contributed by atoms with Crippen LogP contribution in [-0.4, -0.2) is 18.2 Å². The highest BCUT2D eigenvalue weighted by Gasteiger charge is 2.48. The lowest BCUT2D eigenvalue weighted by Crippen LogP contribution is -2.51. The van der Waals surface area contributed by atoms with Crippen molar-refractivity contribution >= 4 is 5.97 Å². The third-order valence-corrected chi connectivity index (χ3v) is 3.26. The fourth-order valence-corrected chi connectivity index (χ4v) is 2.07. The van der Waals surface area contributed by atoms with E-state index >= 15 is 0 Å². The second-order valence-corrected chi connectivity index (χ2v) is 4.52. The van der Waals surface area contributed by atoms with Crippen LogP contribution in [0.2, 0.25) is 0 Å². The number of carbonyl (C=O) groups excluding carboxylic acids is 1. The maximum atomic E-state index is 11.9. The zero-order valence-corrected chi connectivity index (χ0v) is 10.6. The van der Waals surface area contributed by atoms with Gasteiger partial charge in [0.1, 0.15) is 5.75 Å². The summed E-state index contributed by atoms with van der Waals surface area (Å²) in [6, 6.07) is 7.54. The Morgan fingerprint density at radius 2 is 2.22 bits per heavy atom. The minimum absolute atomic E-state index is 0.255. The van der Waals surface area contributed by atoms with Gasteiger partial charge < -0.3 is 15.2 Å². The number of carbonyl (C=O) groups is 1. The summed E-state index contributed by atoms with van der Waals surface area (Å²) >= 11 is 0. The molecule has 98 valence electrons. The van der Waals surface area contributed by atoms with Gasteiger partial charge in [-0.25, -0.2) is 4.79 Å². The molecular weight excluding hydrogens is 230 g/mol. The quantitative estimate of drug-likeness (QED) is 0.811. The van der Waals surface area contributed by atoms with Crippen LogP contribution >= 0.6 is 0 Å². The number of rotatable bonds is 5. The molecule has 2 N–H and O–H groups in total. The summed E-state index contributed by atoms with van der Waals surface area (Å²) in [7, 11) is 0. The molecule has 2 rings (SSSR count). The van der Waals surface area contributed by atoms with Gasteiger partial charge >= 0.3 is 5.97 Å². The number of esters is 1. The van der Waals surface area contributed by atoms with Crippen LogP contribution in [0.25, 0.3) is 0 Å². The monoisotopic (exact) mass is 249 g/mol. The van der Waals surface area contributed by atoms with Crippen LogP contribution in [0.4, 0.5) is 0 Å². The summed E-state index contributed by atoms with van der Waals surface area (Å²) in [5.74, 6) is 0.431. The van der Waals surface area contributed by atoms with Gasteiger partial charge in [-0.3, -0.25) is 0 Å². The molecule has 18 heavy (non-hydrogen) atoms. The lowest BCUT2D eigenvalue weighted by atomic mass is 9.80. The van der Waals surface area contributed by atoms with Gasteiger partial charge in [-0.1, -0.05) is 12.1 Å². The summed E-state index contributed by atoms with van der Waals surface area (Å²) in [4.78, 5) is 11.9. The van der Waals surface area contributed by atoms with Crippen LogP contribution in [-0.2, 0) is 16.1 Å². The van der Waals surface area contributed by atoms with Crippen molar-refractivity contribution in [3.8, 4) is 5.75 Å². The topological polar surface area (TPSA) is 61.5 Å². The molecule has 1 aliphatic rings. The molecule has 0 saturated heterocycles. The first-order valence-corrected chi connectivity index (χ1v) is 6.35. The Hall–Kier alpha value is -1.55. The van der Waals surface area contributed by atoms with Crippen molar-refractivity contribution in [2.75, 3.05) is 6.61 Å². The van der Waals surface area contributed by atoms with Crippen molar-refractivity contribution in [3.63, 3.8) is 0 Å². The Balaban J connectivity index is 2.12. The normalized spacial score (nSPS) is 16.8. The molecule has 0 amide bonds. The summed E-state index contributed by atoms with van der Waals surface area (Å²) in [6.45, 7) is 2.65. The minimum atomic E-state index is -0.775. The average Bonchev–Trinajstić information content (AvgIpc) is 2.34. The Kier molecular flexibility index (Phi) is 3.87. The number of hydrogen-bond acceptors (Lipinski definition) is 4. The Morgan fingerprint density at radius 3 is 2.78 bits per heavy atom. The van der Waals surface area contributed by atoms with Gasteiger partial charge in [0.05, 0.1) is 6.61 Å². The predicted octanol–water partition coefficient (Wildman–Crippen LogP) is 2.01. The van der Waals surface area contributed by atoms with Gasteiger partial charge in [-0.2, -0.15) is 0 Å². The molecule has 4 heteroatoms. The van der Waals surface area contributed by atoms with Gasteiger partial charge in [-0.15, -0.1) is 0 Å². The second-order valence-electron chi connectivity index (χ2n) is 4.52. The second kappa shape index (κ2) is 5.40. The molecular formula is C14H19NO3. The summed E-state index contributed by atoms with van der Waals surface area (Å²) in [5.41, 5.74) is 5.81. The molecule has 0 spiro atoms. The lowest BCUT2D eigenvalue weighted by molar-refractivity contribution is -0.169. The molecule has 0 bridgehead atoms. The number of nitrogens with two attached hydrogens (primary N) is 1. The van der Waals surface area contributed by atoms with E-state index in [-0.39, 0.29) is 5.97 Å². The Morgan fingerprint density at radius 1 is 1.44 bits per heavy atom. The summed E-state index contributed by atoms with van der Waals surface area (Å²) in [6.07, 6.45) is 2.44. The minimum Gasteiger partial charge on any atom is -0.476 e. The smallest absolute Gasteiger partial charge is 0.350 e. The molecule has 0 aliphatic heterocycles. The summed E-state index contributed by atoms with van der Waals surface area (Å²) in [5, 5.41) is 0. The third-order valence-electron chi connectivity index (χ3n) is 3.26. The van der Waals surface area contributed by atoms with E-state index in [2.05, 4.69) is 0 Å². The third kappa shape index (κ3) is 2.48. The standard InChI is InChI=1S/C14H19NO3/c1-2-17-13(16)14(7-4-8-14)18-12-6-3-5-11(9-12)10-15/h3,5-6,9H,2,4,7-8,10,15H2,1H3. The molecule has 0 atom stereocenters. The van der Waals surface area contributed by atoms with Crippen molar-refractivity contribution < 1.29 is 14.3 Å². The van der Waals surface area contributed by atoms with Crippen LogP contribution in [0, 0.1) is 0 Å². The van der Waals surface area contributed by atoms with Crippen LogP contribution < -0.4 is 10.5 Å². The summed E-state index contributed by atoms with van der Waals surface area (Å²) < 4.78 is 11.0. The van der Waals surface area contributed by atoms with Crippen molar-refractivity contribution in [1.29, 1.82) is 0 Å². The first-order valence-electron chi connectivity index (χ1n) is 6.35. The van der Waals surface area contributed by atoms with Gasteiger partial charge in [0, 0.05) is 6.54 Å². The van der Waals surface area contributed by atoms with E-state index in [4.69, 9.17) is 15.2 Å². The molecule has 1 saturated carbocycles. The van der Waals surface area contributed by atoms with Gasteiger partial charge in [0.2, 0.25) is 5.60 Å². The molecule has 0 unspecified atom stereocenters. The molecule has 4 nitrogen and oxygen atoms in total. The van der Waals surface area contributed by atoms with E-state index in [1.165, 1.54) is 0 Å². The van der Waals surface area contributed by atoms with Crippen LogP contribution in [0.3, 0.4) is 0 Å². The lowest BCUT2D eigenvalue weighted by Gasteiger charge is -2.39. The number of hydrogen-bond donors (Lipinski definition) is 1. The van der Waals surface area contributed by atoms with E-state index in [9.17, 15) is 4.79 Å². The molecule has 0 heterocycles. The molecule has 0 radical (unpaired) electrons. The highest BCUT2D eigenvalue weighted by atomic mass is 16.6. The zero-order chi connectivity index (χ0) is 13.0. The van der Waals surface area contributed by atoms with E-state index in [1.54, 1.807) is 6.92 Å².